The van der Waals surface area contributed by atoms with Gasteiger partial charge in [-0.25, -0.2) is 9.78 Å². The number of aromatic nitrogens is 2. The minimum atomic E-state index is -0.463. The van der Waals surface area contributed by atoms with Crippen molar-refractivity contribution in [2.45, 2.75) is 37.1 Å². The van der Waals surface area contributed by atoms with Crippen molar-refractivity contribution < 1.29 is 9.21 Å². The molecule has 5 rings (SSSR count). The number of nitrogens with one attached hydrogen (secondary N) is 1. The standard InChI is InChI=1S/C22H19N3O4S2/c1-11(26)23-13-6-7-14-12(8-18(27)29-16(14)9-13)10-30-22-24-20-19(21(28)25(22)2)15-4-3-5-17(15)31-20/h6-9H,3-5,10H2,1-2H3,(H,23,26). The van der Waals surface area contributed by atoms with Crippen molar-refractivity contribution in [2.75, 3.05) is 5.32 Å². The molecule has 0 fully saturated rings. The van der Waals surface area contributed by atoms with Crippen molar-refractivity contribution in [1.82, 2.24) is 9.55 Å². The van der Waals surface area contributed by atoms with E-state index in [1.807, 2.05) is 6.07 Å². The Morgan fingerprint density at radius 3 is 2.94 bits per heavy atom. The summed E-state index contributed by atoms with van der Waals surface area (Å²) in [6.07, 6.45) is 3.07. The molecule has 1 amide bonds. The average molecular weight is 454 g/mol. The Kier molecular flexibility index (Phi) is 4.94. The lowest BCUT2D eigenvalue weighted by molar-refractivity contribution is -0.114. The number of amides is 1. The van der Waals surface area contributed by atoms with Crippen LogP contribution in [0, 0.1) is 0 Å². The second kappa shape index (κ2) is 7.65. The van der Waals surface area contributed by atoms with E-state index in [2.05, 4.69) is 5.32 Å². The lowest BCUT2D eigenvalue weighted by Crippen LogP contribution is -2.20. The average Bonchev–Trinajstić information content (AvgIpc) is 3.29. The number of thioether (sulfide) groups is 1. The van der Waals surface area contributed by atoms with E-state index in [4.69, 9.17) is 9.40 Å². The Morgan fingerprint density at radius 2 is 2.13 bits per heavy atom. The molecule has 3 aromatic heterocycles. The summed E-state index contributed by atoms with van der Waals surface area (Å²) in [5.41, 5.74) is 2.45. The first-order valence-electron chi connectivity index (χ1n) is 9.89. The minimum absolute atomic E-state index is 0.00992. The van der Waals surface area contributed by atoms with Gasteiger partial charge in [-0.1, -0.05) is 11.8 Å². The number of hydrogen-bond acceptors (Lipinski definition) is 7. The fourth-order valence-corrected chi connectivity index (χ4v) is 6.27. The first-order chi connectivity index (χ1) is 14.9. The maximum Gasteiger partial charge on any atom is 0.336 e. The fourth-order valence-electron chi connectivity index (χ4n) is 4.01. The van der Waals surface area contributed by atoms with Crippen LogP contribution in [-0.4, -0.2) is 15.5 Å². The highest BCUT2D eigenvalue weighted by Gasteiger charge is 2.22. The van der Waals surface area contributed by atoms with Crippen LogP contribution in [0.25, 0.3) is 21.2 Å². The number of fused-ring (bicyclic) bond motifs is 4. The molecular weight excluding hydrogens is 434 g/mol. The lowest BCUT2D eigenvalue weighted by Gasteiger charge is -2.10. The van der Waals surface area contributed by atoms with E-state index in [1.54, 1.807) is 35.1 Å². The number of carbonyl (C=O) groups is 1. The molecule has 0 spiro atoms. The second-order valence-electron chi connectivity index (χ2n) is 7.57. The summed E-state index contributed by atoms with van der Waals surface area (Å²) in [6.45, 7) is 1.42. The highest BCUT2D eigenvalue weighted by molar-refractivity contribution is 7.98. The summed E-state index contributed by atoms with van der Waals surface area (Å²) >= 11 is 3.04. The molecule has 1 aliphatic rings. The van der Waals surface area contributed by atoms with Crippen molar-refractivity contribution in [2.24, 2.45) is 7.05 Å². The van der Waals surface area contributed by atoms with E-state index < -0.39 is 5.63 Å². The van der Waals surface area contributed by atoms with Gasteiger partial charge in [-0.2, -0.15) is 0 Å². The molecule has 158 valence electrons. The van der Waals surface area contributed by atoms with Gasteiger partial charge >= 0.3 is 5.63 Å². The third kappa shape index (κ3) is 3.57. The molecule has 1 aromatic carbocycles. The zero-order valence-corrected chi connectivity index (χ0v) is 18.6. The van der Waals surface area contributed by atoms with Gasteiger partial charge in [0.15, 0.2) is 5.16 Å². The molecule has 0 bridgehead atoms. The number of rotatable bonds is 4. The number of nitrogens with zero attached hydrogens (tertiary/aromatic N) is 2. The van der Waals surface area contributed by atoms with E-state index in [-0.39, 0.29) is 11.5 Å². The second-order valence-corrected chi connectivity index (χ2v) is 9.59. The topological polar surface area (TPSA) is 94.2 Å². The van der Waals surface area contributed by atoms with Crippen molar-refractivity contribution in [1.29, 1.82) is 0 Å². The largest absolute Gasteiger partial charge is 0.423 e. The molecule has 0 atom stereocenters. The Balaban J connectivity index is 1.50. The lowest BCUT2D eigenvalue weighted by atomic mass is 10.1. The van der Waals surface area contributed by atoms with Gasteiger partial charge in [-0.3, -0.25) is 14.2 Å². The first kappa shape index (κ1) is 20.0. The molecule has 0 aliphatic heterocycles. The highest BCUT2D eigenvalue weighted by Crippen LogP contribution is 2.36. The van der Waals surface area contributed by atoms with E-state index >= 15 is 0 Å². The molecule has 1 aliphatic carbocycles. The third-order valence-electron chi connectivity index (χ3n) is 5.41. The maximum absolute atomic E-state index is 13.0. The van der Waals surface area contributed by atoms with E-state index in [9.17, 15) is 14.4 Å². The molecule has 0 saturated heterocycles. The van der Waals surface area contributed by atoms with Crippen LogP contribution in [0.2, 0.25) is 0 Å². The summed E-state index contributed by atoms with van der Waals surface area (Å²) in [5.74, 6) is 0.258. The number of carbonyl (C=O) groups excluding carboxylic acids is 1. The zero-order valence-electron chi connectivity index (χ0n) is 17.0. The number of thiophene rings is 1. The number of hydrogen-bond donors (Lipinski definition) is 1. The van der Waals surface area contributed by atoms with Crippen LogP contribution in [0.15, 0.2) is 43.4 Å². The van der Waals surface area contributed by atoms with Crippen molar-refractivity contribution >= 4 is 55.9 Å². The normalized spacial score (nSPS) is 13.1. The van der Waals surface area contributed by atoms with Crippen LogP contribution < -0.4 is 16.5 Å². The first-order valence-corrected chi connectivity index (χ1v) is 11.7. The van der Waals surface area contributed by atoms with Crippen molar-refractivity contribution in [3.8, 4) is 0 Å². The Morgan fingerprint density at radius 1 is 1.29 bits per heavy atom. The molecule has 3 heterocycles. The van der Waals surface area contributed by atoms with Crippen LogP contribution in [0.4, 0.5) is 5.69 Å². The van der Waals surface area contributed by atoms with Gasteiger partial charge in [0.2, 0.25) is 5.91 Å². The summed E-state index contributed by atoms with van der Waals surface area (Å²) < 4.78 is 6.92. The molecule has 9 heteroatoms. The number of benzene rings is 1. The summed E-state index contributed by atoms with van der Waals surface area (Å²) in [6, 6.07) is 6.69. The predicted molar refractivity (Wildman–Crippen MR) is 123 cm³/mol. The maximum atomic E-state index is 13.0. The molecular formula is C22H19N3O4S2. The highest BCUT2D eigenvalue weighted by atomic mass is 32.2. The number of aryl methyl sites for hydroxylation is 2. The molecule has 0 unspecified atom stereocenters. The van der Waals surface area contributed by atoms with Gasteiger partial charge < -0.3 is 9.73 Å². The van der Waals surface area contributed by atoms with Gasteiger partial charge in [0, 0.05) is 47.8 Å². The van der Waals surface area contributed by atoms with Gasteiger partial charge in [0.1, 0.15) is 10.4 Å². The molecule has 4 aromatic rings. The molecule has 31 heavy (non-hydrogen) atoms. The smallest absolute Gasteiger partial charge is 0.336 e. The van der Waals surface area contributed by atoms with Crippen LogP contribution in [-0.2, 0) is 30.4 Å². The van der Waals surface area contributed by atoms with Crippen LogP contribution in [0.1, 0.15) is 29.3 Å². The van der Waals surface area contributed by atoms with Gasteiger partial charge in [-0.15, -0.1) is 11.3 Å². The van der Waals surface area contributed by atoms with Crippen LogP contribution in [0.5, 0.6) is 0 Å². The monoisotopic (exact) mass is 453 g/mol. The fraction of sp³-hybridized carbons (Fsp3) is 0.273. The summed E-state index contributed by atoms with van der Waals surface area (Å²) in [7, 11) is 1.74. The third-order valence-corrected chi connectivity index (χ3v) is 7.68. The Bertz CT molecular complexity index is 1480. The van der Waals surface area contributed by atoms with Crippen LogP contribution >= 0.6 is 23.1 Å². The minimum Gasteiger partial charge on any atom is -0.423 e. The quantitative estimate of drug-likeness (QED) is 0.287. The van der Waals surface area contributed by atoms with Crippen molar-refractivity contribution in [3.63, 3.8) is 0 Å². The summed E-state index contributed by atoms with van der Waals surface area (Å²) in [5, 5.41) is 4.85. The zero-order chi connectivity index (χ0) is 21.7. The van der Waals surface area contributed by atoms with Crippen LogP contribution in [0.3, 0.4) is 0 Å². The Hall–Kier alpha value is -2.91. The van der Waals surface area contributed by atoms with Gasteiger partial charge in [0.05, 0.1) is 5.39 Å². The van der Waals surface area contributed by atoms with Gasteiger partial charge in [-0.05, 0) is 42.5 Å². The Labute approximate surface area is 185 Å². The molecule has 0 radical (unpaired) electrons. The van der Waals surface area contributed by atoms with Crippen molar-refractivity contribution in [3.05, 3.63) is 61.0 Å². The summed E-state index contributed by atoms with van der Waals surface area (Å²) in [4.78, 5) is 43.2. The van der Waals surface area contributed by atoms with E-state index in [1.165, 1.54) is 35.2 Å². The van der Waals surface area contributed by atoms with E-state index in [0.717, 1.165) is 40.4 Å². The van der Waals surface area contributed by atoms with Gasteiger partial charge in [0.25, 0.3) is 5.56 Å². The molecule has 0 saturated carbocycles. The van der Waals surface area contributed by atoms with E-state index in [0.29, 0.717) is 22.2 Å². The number of anilines is 1. The molecule has 1 N–H and O–H groups in total. The molecule has 7 nitrogen and oxygen atoms in total. The predicted octanol–water partition coefficient (Wildman–Crippen LogP) is 3.84. The SMILES string of the molecule is CC(=O)Nc1ccc2c(CSc3nc4sc5c(c4c(=O)n3C)CCC5)cc(=O)oc2c1.